The van der Waals surface area contributed by atoms with Gasteiger partial charge in [-0.2, -0.15) is 5.10 Å². The zero-order valence-corrected chi connectivity index (χ0v) is 26.9. The maximum absolute atomic E-state index is 12.1. The minimum absolute atomic E-state index is 0.0288. The number of imide groups is 1. The molecule has 3 N–H and O–H groups in total. The third-order valence-electron chi connectivity index (χ3n) is 8.32. The smallest absolute Gasteiger partial charge is 0.407 e. The minimum Gasteiger partial charge on any atom is -0.444 e. The highest BCUT2D eigenvalue weighted by atomic mass is 16.6. The molecule has 3 heterocycles. The Bertz CT molecular complexity index is 1530. The van der Waals surface area contributed by atoms with E-state index in [-0.39, 0.29) is 18.0 Å². The zero-order valence-electron chi connectivity index (χ0n) is 26.9. The van der Waals surface area contributed by atoms with E-state index in [2.05, 4.69) is 56.1 Å². The predicted octanol–water partition coefficient (Wildman–Crippen LogP) is 4.63. The number of carbonyl (C=O) groups is 3. The second-order valence-corrected chi connectivity index (χ2v) is 12.8. The van der Waals surface area contributed by atoms with E-state index < -0.39 is 17.7 Å². The lowest BCUT2D eigenvalue weighted by molar-refractivity contribution is -0.133. The molecule has 2 aromatic carbocycles. The minimum atomic E-state index is -0.545. The first-order valence-corrected chi connectivity index (χ1v) is 15.5. The van der Waals surface area contributed by atoms with E-state index in [0.29, 0.717) is 25.3 Å². The van der Waals surface area contributed by atoms with Crippen LogP contribution in [0.15, 0.2) is 64.3 Å². The number of rotatable bonds is 8. The quantitative estimate of drug-likeness (QED) is 0.371. The molecule has 2 unspecified atom stereocenters. The zero-order chi connectivity index (χ0) is 32.3. The third-order valence-corrected chi connectivity index (χ3v) is 8.32. The molecule has 0 aliphatic carbocycles. The number of likely N-dealkylation sites (tertiary alicyclic amines) is 1. The highest BCUT2D eigenvalue weighted by Crippen LogP contribution is 2.33. The first kappa shape index (κ1) is 31.9. The van der Waals surface area contributed by atoms with Crippen molar-refractivity contribution >= 4 is 35.6 Å². The molecule has 0 radical (unpaired) electrons. The molecule has 3 amide bonds. The fourth-order valence-electron chi connectivity index (χ4n) is 5.76. The third kappa shape index (κ3) is 7.59. The van der Waals surface area contributed by atoms with Crippen molar-refractivity contribution in [1.82, 2.24) is 20.5 Å². The van der Waals surface area contributed by atoms with Gasteiger partial charge in [-0.1, -0.05) is 30.3 Å². The summed E-state index contributed by atoms with van der Waals surface area (Å²) in [6.07, 6.45) is 4.09. The number of anilines is 1. The summed E-state index contributed by atoms with van der Waals surface area (Å²) < 4.78 is 5.36. The SMILES string of the molecule is C/C=C1/C(c2ccc(CNC(=O)OC(C)(C)C)c(C)c2)=NC=NN1C(C)N1CC(c2ccc(NC3CCC(=O)NC3=O)cc2)C1. The molecule has 3 aliphatic rings. The summed E-state index contributed by atoms with van der Waals surface area (Å²) in [5, 5.41) is 15.1. The Kier molecular flexibility index (Phi) is 9.38. The Balaban J connectivity index is 1.17. The molecule has 238 valence electrons. The molecule has 0 aromatic heterocycles. The van der Waals surface area contributed by atoms with E-state index in [1.54, 1.807) is 6.34 Å². The van der Waals surface area contributed by atoms with Gasteiger partial charge in [-0.15, -0.1) is 0 Å². The van der Waals surface area contributed by atoms with Crippen LogP contribution in [-0.2, 0) is 20.9 Å². The Morgan fingerprint density at radius 2 is 1.89 bits per heavy atom. The molecular formula is C34H43N7O4. The fraction of sp³-hybridized carbons (Fsp3) is 0.441. The largest absolute Gasteiger partial charge is 0.444 e. The van der Waals surface area contributed by atoms with Crippen molar-refractivity contribution in [2.24, 2.45) is 10.1 Å². The number of amides is 3. The average molecular weight is 614 g/mol. The van der Waals surface area contributed by atoms with Crippen molar-refractivity contribution in [3.8, 4) is 0 Å². The predicted molar refractivity (Wildman–Crippen MR) is 175 cm³/mol. The molecule has 2 atom stereocenters. The monoisotopic (exact) mass is 613 g/mol. The summed E-state index contributed by atoms with van der Waals surface area (Å²) in [7, 11) is 0. The first-order chi connectivity index (χ1) is 21.4. The Morgan fingerprint density at radius 1 is 1.16 bits per heavy atom. The van der Waals surface area contributed by atoms with Crippen LogP contribution < -0.4 is 16.0 Å². The Labute approximate surface area is 264 Å². The lowest BCUT2D eigenvalue weighted by Gasteiger charge is -2.47. The number of piperidine rings is 1. The lowest BCUT2D eigenvalue weighted by atomic mass is 9.90. The van der Waals surface area contributed by atoms with E-state index in [1.165, 1.54) is 5.56 Å². The Morgan fingerprint density at radius 3 is 2.53 bits per heavy atom. The van der Waals surface area contributed by atoms with Gasteiger partial charge in [0.05, 0.1) is 11.4 Å². The van der Waals surface area contributed by atoms with Gasteiger partial charge in [-0.05, 0) is 82.9 Å². The summed E-state index contributed by atoms with van der Waals surface area (Å²) in [4.78, 5) is 42.7. The standard InChI is InChI=1S/C34H43N7O4/c1-7-29-31(24-8-9-25(21(2)16-24)17-35-33(44)45-34(4,5)6)36-20-37-41(29)22(3)40-18-26(19-40)23-10-12-27(13-11-23)38-28-14-15-30(42)39-32(28)43/h7-13,16,20,22,26,28,38H,14-15,17-19H2,1-6H3,(H,35,44)(H,39,42,43)/b29-7-. The van der Waals surface area contributed by atoms with Crippen molar-refractivity contribution in [1.29, 1.82) is 0 Å². The summed E-state index contributed by atoms with van der Waals surface area (Å²) in [6, 6.07) is 14.0. The van der Waals surface area contributed by atoms with Crippen molar-refractivity contribution in [2.45, 2.75) is 84.7 Å². The van der Waals surface area contributed by atoms with Crippen LogP contribution in [0, 0.1) is 6.92 Å². The van der Waals surface area contributed by atoms with Gasteiger partial charge in [0.15, 0.2) is 0 Å². The highest BCUT2D eigenvalue weighted by molar-refractivity contribution is 6.15. The van der Waals surface area contributed by atoms with E-state index >= 15 is 0 Å². The van der Waals surface area contributed by atoms with Crippen molar-refractivity contribution < 1.29 is 19.1 Å². The Hall–Kier alpha value is -4.51. The van der Waals surface area contributed by atoms with Crippen molar-refractivity contribution in [2.75, 3.05) is 18.4 Å². The van der Waals surface area contributed by atoms with Crippen molar-refractivity contribution in [3.05, 3.63) is 76.5 Å². The maximum atomic E-state index is 12.1. The number of aliphatic imine (C=N–C) groups is 1. The van der Waals surface area contributed by atoms with Gasteiger partial charge in [0.1, 0.15) is 24.1 Å². The number of allylic oxidation sites excluding steroid dienone is 2. The van der Waals surface area contributed by atoms with Crippen LogP contribution in [0.4, 0.5) is 10.5 Å². The van der Waals surface area contributed by atoms with Crippen LogP contribution in [0.2, 0.25) is 0 Å². The number of hydrogen-bond acceptors (Lipinski definition) is 9. The van der Waals surface area contributed by atoms with Crippen LogP contribution in [0.3, 0.4) is 0 Å². The molecule has 0 saturated carbocycles. The van der Waals surface area contributed by atoms with Crippen LogP contribution in [0.25, 0.3) is 0 Å². The summed E-state index contributed by atoms with van der Waals surface area (Å²) >= 11 is 0. The number of carbonyl (C=O) groups excluding carboxylic acids is 3. The molecule has 2 fully saturated rings. The molecule has 2 aromatic rings. The number of benzene rings is 2. The molecule has 2 saturated heterocycles. The topological polar surface area (TPSA) is 128 Å². The van der Waals surface area contributed by atoms with Gasteiger partial charge in [0.25, 0.3) is 0 Å². The van der Waals surface area contributed by atoms with Crippen LogP contribution >= 0.6 is 0 Å². The van der Waals surface area contributed by atoms with Gasteiger partial charge < -0.3 is 15.4 Å². The lowest BCUT2D eigenvalue weighted by Crippen LogP contribution is -2.55. The molecule has 5 rings (SSSR count). The van der Waals surface area contributed by atoms with E-state index in [9.17, 15) is 14.4 Å². The van der Waals surface area contributed by atoms with E-state index in [1.807, 2.05) is 70.0 Å². The van der Waals surface area contributed by atoms with Crippen LogP contribution in [0.1, 0.15) is 75.6 Å². The first-order valence-electron chi connectivity index (χ1n) is 15.5. The summed E-state index contributed by atoms with van der Waals surface area (Å²) in [5.41, 5.74) is 6.41. The second kappa shape index (κ2) is 13.2. The number of hydrazone groups is 1. The molecule has 11 nitrogen and oxygen atoms in total. The van der Waals surface area contributed by atoms with E-state index in [0.717, 1.165) is 46.9 Å². The summed E-state index contributed by atoms with van der Waals surface area (Å²) in [5.74, 6) is -0.0851. The van der Waals surface area contributed by atoms with Gasteiger partial charge in [0, 0.05) is 43.2 Å². The van der Waals surface area contributed by atoms with Crippen LogP contribution in [-0.4, -0.2) is 70.8 Å². The second-order valence-electron chi connectivity index (χ2n) is 12.8. The highest BCUT2D eigenvalue weighted by Gasteiger charge is 2.36. The van der Waals surface area contributed by atoms with Gasteiger partial charge in [-0.25, -0.2) is 14.8 Å². The number of ether oxygens (including phenoxy) is 1. The molecule has 0 bridgehead atoms. The number of hydrogen-bond donors (Lipinski definition) is 3. The molecule has 45 heavy (non-hydrogen) atoms. The van der Waals surface area contributed by atoms with Crippen molar-refractivity contribution in [3.63, 3.8) is 0 Å². The molecule has 11 heteroatoms. The normalized spacial score (nSPS) is 20.8. The average Bonchev–Trinajstić information content (AvgIpc) is 2.96. The number of nitrogens with one attached hydrogen (secondary N) is 3. The molecule has 3 aliphatic heterocycles. The number of nitrogens with zero attached hydrogens (tertiary/aromatic N) is 4. The molecule has 0 spiro atoms. The van der Waals surface area contributed by atoms with Gasteiger partial charge in [-0.3, -0.25) is 19.8 Å². The summed E-state index contributed by atoms with van der Waals surface area (Å²) in [6.45, 7) is 13.9. The fourth-order valence-corrected chi connectivity index (χ4v) is 5.76. The van der Waals surface area contributed by atoms with Crippen LogP contribution in [0.5, 0.6) is 0 Å². The maximum Gasteiger partial charge on any atom is 0.407 e. The van der Waals surface area contributed by atoms with E-state index in [4.69, 9.17) is 4.74 Å². The number of alkyl carbamates (subject to hydrolysis) is 1. The number of aryl methyl sites for hydroxylation is 1. The van der Waals surface area contributed by atoms with Gasteiger partial charge in [0.2, 0.25) is 11.8 Å². The van der Waals surface area contributed by atoms with Gasteiger partial charge >= 0.3 is 6.09 Å². The molecular weight excluding hydrogens is 570 g/mol.